The van der Waals surface area contributed by atoms with Crippen molar-refractivity contribution < 1.29 is 46.5 Å². The highest BCUT2D eigenvalue weighted by Crippen LogP contribution is 2.28. The quantitative estimate of drug-likeness (QED) is 0.152. The molecule has 1 aliphatic heterocycles. The normalized spacial score (nSPS) is 23.3. The molecule has 0 aromatic rings. The van der Waals surface area contributed by atoms with Gasteiger partial charge in [-0.2, -0.15) is 4.72 Å². The standard InChI is InChI=1S/C25H44N2O10S/c1-6-7-8-9-10-11-12-13-14-15-16-26-24(31)22-20(34-17(2)28)21(35-18(3)29)23(36-19(4)30)25(37-22)27-38(5,32)33/h20-23,25,27H,6-16H2,1-5H3,(H,26,31)/t20-,21-,22-,23+,25?/m0/s1. The van der Waals surface area contributed by atoms with Crippen LogP contribution in [0.5, 0.6) is 0 Å². The van der Waals surface area contributed by atoms with Gasteiger partial charge in [0.15, 0.2) is 30.6 Å². The molecule has 1 unspecified atom stereocenters. The molecule has 1 aliphatic rings. The van der Waals surface area contributed by atoms with Crippen LogP contribution in [0, 0.1) is 0 Å². The van der Waals surface area contributed by atoms with E-state index in [-0.39, 0.29) is 0 Å². The monoisotopic (exact) mass is 564 g/mol. The first-order valence-electron chi connectivity index (χ1n) is 13.3. The molecule has 2 N–H and O–H groups in total. The lowest BCUT2D eigenvalue weighted by molar-refractivity contribution is -0.245. The third kappa shape index (κ3) is 13.5. The Morgan fingerprint density at radius 1 is 0.711 bits per heavy atom. The van der Waals surface area contributed by atoms with Crippen LogP contribution in [0.25, 0.3) is 0 Å². The fourth-order valence-electron chi connectivity index (χ4n) is 4.25. The summed E-state index contributed by atoms with van der Waals surface area (Å²) in [6.07, 6.45) is 4.43. The van der Waals surface area contributed by atoms with Gasteiger partial charge >= 0.3 is 17.9 Å². The number of rotatable bonds is 17. The van der Waals surface area contributed by atoms with Gasteiger partial charge in [0, 0.05) is 27.3 Å². The van der Waals surface area contributed by atoms with E-state index in [2.05, 4.69) is 17.0 Å². The highest BCUT2D eigenvalue weighted by Gasteiger charge is 2.54. The topological polar surface area (TPSA) is 163 Å². The zero-order valence-electron chi connectivity index (χ0n) is 23.2. The van der Waals surface area contributed by atoms with Crippen LogP contribution in [0.3, 0.4) is 0 Å². The Morgan fingerprint density at radius 3 is 1.63 bits per heavy atom. The summed E-state index contributed by atoms with van der Waals surface area (Å²) in [5.74, 6) is -3.15. The van der Waals surface area contributed by atoms with Gasteiger partial charge in [-0.05, 0) is 6.42 Å². The molecule has 0 spiro atoms. The molecule has 220 valence electrons. The molecular weight excluding hydrogens is 520 g/mol. The van der Waals surface area contributed by atoms with Crippen molar-refractivity contribution in [2.75, 3.05) is 12.8 Å². The van der Waals surface area contributed by atoms with Crippen molar-refractivity contribution in [1.29, 1.82) is 0 Å². The third-order valence-electron chi connectivity index (χ3n) is 5.86. The Balaban J connectivity index is 2.87. The van der Waals surface area contributed by atoms with Crippen LogP contribution in [0.4, 0.5) is 0 Å². The minimum Gasteiger partial charge on any atom is -0.455 e. The molecule has 5 atom stereocenters. The number of ether oxygens (including phenoxy) is 4. The summed E-state index contributed by atoms with van der Waals surface area (Å²) in [5.41, 5.74) is 0. The summed E-state index contributed by atoms with van der Waals surface area (Å²) in [6.45, 7) is 5.74. The molecule has 0 aromatic heterocycles. The van der Waals surface area contributed by atoms with Gasteiger partial charge in [0.05, 0.1) is 6.26 Å². The summed E-state index contributed by atoms with van der Waals surface area (Å²) in [6, 6.07) is 0. The molecule has 1 heterocycles. The lowest BCUT2D eigenvalue weighted by Gasteiger charge is -2.43. The van der Waals surface area contributed by atoms with Crippen LogP contribution in [-0.4, -0.2) is 75.7 Å². The first-order chi connectivity index (χ1) is 17.9. The first kappa shape index (κ1) is 33.8. The Kier molecular flexibility index (Phi) is 15.4. The van der Waals surface area contributed by atoms with Crippen molar-refractivity contribution in [2.24, 2.45) is 0 Å². The van der Waals surface area contributed by atoms with E-state index in [1.165, 1.54) is 38.5 Å². The second kappa shape index (κ2) is 17.4. The summed E-state index contributed by atoms with van der Waals surface area (Å²) in [5, 5.41) is 2.71. The van der Waals surface area contributed by atoms with Gasteiger partial charge < -0.3 is 24.3 Å². The van der Waals surface area contributed by atoms with Crippen molar-refractivity contribution in [3.63, 3.8) is 0 Å². The average molecular weight is 565 g/mol. The largest absolute Gasteiger partial charge is 0.455 e. The average Bonchev–Trinajstić information content (AvgIpc) is 2.79. The molecule has 0 aromatic carbocycles. The Hall–Kier alpha value is -2.25. The van der Waals surface area contributed by atoms with Crippen LogP contribution in [-0.2, 0) is 48.1 Å². The van der Waals surface area contributed by atoms with Crippen molar-refractivity contribution in [3.05, 3.63) is 0 Å². The van der Waals surface area contributed by atoms with E-state index in [1.54, 1.807) is 0 Å². The summed E-state index contributed by atoms with van der Waals surface area (Å²) < 4.78 is 47.4. The summed E-state index contributed by atoms with van der Waals surface area (Å²) >= 11 is 0. The molecule has 12 nitrogen and oxygen atoms in total. The van der Waals surface area contributed by atoms with Crippen LogP contribution in [0.15, 0.2) is 0 Å². The fourth-order valence-corrected chi connectivity index (χ4v) is 4.86. The van der Waals surface area contributed by atoms with Crippen LogP contribution < -0.4 is 10.0 Å². The Labute approximate surface area is 225 Å². The minimum absolute atomic E-state index is 0.317. The summed E-state index contributed by atoms with van der Waals surface area (Å²) in [7, 11) is -3.92. The van der Waals surface area contributed by atoms with Crippen LogP contribution in [0.2, 0.25) is 0 Å². The number of hydrogen-bond donors (Lipinski definition) is 2. The first-order valence-corrected chi connectivity index (χ1v) is 15.2. The maximum absolute atomic E-state index is 13.1. The highest BCUT2D eigenvalue weighted by atomic mass is 32.2. The van der Waals surface area contributed by atoms with E-state index in [0.717, 1.165) is 46.3 Å². The van der Waals surface area contributed by atoms with E-state index < -0.39 is 64.5 Å². The lowest BCUT2D eigenvalue weighted by atomic mass is 9.96. The van der Waals surface area contributed by atoms with Gasteiger partial charge in [0.1, 0.15) is 0 Å². The highest BCUT2D eigenvalue weighted by molar-refractivity contribution is 7.88. The Morgan fingerprint density at radius 2 is 1.16 bits per heavy atom. The molecule has 1 rings (SSSR count). The van der Waals surface area contributed by atoms with Crippen molar-refractivity contribution in [3.8, 4) is 0 Å². The molecule has 1 saturated heterocycles. The molecule has 0 radical (unpaired) electrons. The van der Waals surface area contributed by atoms with Gasteiger partial charge in [0.2, 0.25) is 10.0 Å². The number of amides is 1. The molecule has 0 saturated carbocycles. The molecular formula is C25H44N2O10S. The Bertz CT molecular complexity index is 879. The molecule has 1 fully saturated rings. The van der Waals surface area contributed by atoms with E-state index >= 15 is 0 Å². The second-order valence-corrected chi connectivity index (χ2v) is 11.3. The van der Waals surface area contributed by atoms with Gasteiger partial charge in [-0.3, -0.25) is 19.2 Å². The van der Waals surface area contributed by atoms with Gasteiger partial charge in [0.25, 0.3) is 5.91 Å². The summed E-state index contributed by atoms with van der Waals surface area (Å²) in [4.78, 5) is 48.5. The molecule has 38 heavy (non-hydrogen) atoms. The van der Waals surface area contributed by atoms with Gasteiger partial charge in [-0.25, -0.2) is 8.42 Å². The van der Waals surface area contributed by atoms with Gasteiger partial charge in [-0.15, -0.1) is 0 Å². The molecule has 0 bridgehead atoms. The van der Waals surface area contributed by atoms with E-state index in [0.29, 0.717) is 13.0 Å². The number of sulfonamides is 1. The number of carbonyl (C=O) groups excluding carboxylic acids is 4. The number of nitrogens with one attached hydrogen (secondary N) is 2. The number of carbonyl (C=O) groups is 4. The van der Waals surface area contributed by atoms with Crippen molar-refractivity contribution in [2.45, 2.75) is 123 Å². The third-order valence-corrected chi connectivity index (χ3v) is 6.52. The number of esters is 3. The lowest BCUT2D eigenvalue weighted by Crippen LogP contribution is -2.67. The van der Waals surface area contributed by atoms with E-state index in [9.17, 15) is 27.6 Å². The van der Waals surface area contributed by atoms with Crippen LogP contribution >= 0.6 is 0 Å². The smallest absolute Gasteiger partial charge is 0.303 e. The number of unbranched alkanes of at least 4 members (excludes halogenated alkanes) is 9. The number of hydrogen-bond acceptors (Lipinski definition) is 10. The zero-order chi connectivity index (χ0) is 28.7. The minimum atomic E-state index is -3.92. The molecule has 1 amide bonds. The molecule has 13 heteroatoms. The molecule has 0 aliphatic carbocycles. The predicted octanol–water partition coefficient (Wildman–Crippen LogP) is 2.09. The second-order valence-electron chi connectivity index (χ2n) is 9.56. The van der Waals surface area contributed by atoms with E-state index in [4.69, 9.17) is 18.9 Å². The van der Waals surface area contributed by atoms with Crippen LogP contribution in [0.1, 0.15) is 91.9 Å². The zero-order valence-corrected chi connectivity index (χ0v) is 24.0. The maximum Gasteiger partial charge on any atom is 0.303 e. The van der Waals surface area contributed by atoms with Gasteiger partial charge in [-0.1, -0.05) is 64.7 Å². The SMILES string of the molecule is CCCCCCCCCCCCNC(=O)[C@H]1OC(NS(C)(=O)=O)[C@H](OC(C)=O)[C@@H](OC(C)=O)[C@@H]1OC(C)=O. The predicted molar refractivity (Wildman–Crippen MR) is 138 cm³/mol. The maximum atomic E-state index is 13.1. The van der Waals surface area contributed by atoms with Crippen molar-refractivity contribution >= 4 is 33.8 Å². The fraction of sp³-hybridized carbons (Fsp3) is 0.840. The van der Waals surface area contributed by atoms with Crippen molar-refractivity contribution in [1.82, 2.24) is 10.0 Å². The van der Waals surface area contributed by atoms with E-state index in [1.807, 2.05) is 0 Å².